The number of hydrogen-bond acceptors (Lipinski definition) is 0. The average molecular weight is 481 g/mol. The predicted molar refractivity (Wildman–Crippen MR) is 156 cm³/mol. The Kier molecular flexibility index (Phi) is 10.8. The molecule has 2 aliphatic carbocycles. The van der Waals surface area contributed by atoms with Crippen LogP contribution in [0.5, 0.6) is 0 Å². The molecule has 4 rings (SSSR count). The smallest absolute Gasteiger partial charge is 0.0249 e. The first-order valence-corrected chi connectivity index (χ1v) is 15.1. The molecular weight excluding hydrogens is 432 g/mol. The van der Waals surface area contributed by atoms with E-state index in [1.54, 1.807) is 5.56 Å². The molecule has 0 atom stereocenters. The number of unbranched alkanes of at least 4 members (excludes halogenated alkanes) is 2. The molecule has 0 radical (unpaired) electrons. The minimum absolute atomic E-state index is 0.689. The Balaban J connectivity index is 1.19. The topological polar surface area (TPSA) is 0 Å². The van der Waals surface area contributed by atoms with E-state index < -0.39 is 0 Å². The second-order valence-corrected chi connectivity index (χ2v) is 11.6. The lowest BCUT2D eigenvalue weighted by molar-refractivity contribution is 0.308. The Hall–Kier alpha value is -2.26. The molecular formula is C36H48. The van der Waals surface area contributed by atoms with E-state index in [0.717, 1.165) is 23.3 Å². The van der Waals surface area contributed by atoms with Gasteiger partial charge in [-0.15, -0.1) is 0 Å². The lowest BCUT2D eigenvalue weighted by Gasteiger charge is -2.28. The monoisotopic (exact) mass is 480 g/mol. The molecule has 0 spiro atoms. The van der Waals surface area contributed by atoms with E-state index in [0.29, 0.717) is 5.92 Å². The van der Waals surface area contributed by atoms with Crippen LogP contribution in [0.15, 0.2) is 60.7 Å². The van der Waals surface area contributed by atoms with Crippen LogP contribution in [0.1, 0.15) is 131 Å². The van der Waals surface area contributed by atoms with Crippen LogP contribution in [0.25, 0.3) is 0 Å². The van der Waals surface area contributed by atoms with Crippen LogP contribution < -0.4 is 0 Å². The zero-order valence-electron chi connectivity index (χ0n) is 23.0. The normalized spacial score (nSPS) is 24.4. The SMILES string of the molecule is CCCCCc1ccc([C@H]2CC[C@H](C=CC#Cc3ccc([C@H]4CC[C@H](CCC)CC4)cc3)CC2)cc1. The van der Waals surface area contributed by atoms with E-state index in [1.807, 2.05) is 0 Å². The molecule has 2 aliphatic rings. The molecule has 36 heavy (non-hydrogen) atoms. The van der Waals surface area contributed by atoms with Gasteiger partial charge in [-0.1, -0.05) is 93.8 Å². The van der Waals surface area contributed by atoms with E-state index >= 15 is 0 Å². The van der Waals surface area contributed by atoms with Gasteiger partial charge in [-0.3, -0.25) is 0 Å². The largest absolute Gasteiger partial charge is 0.0730 e. The van der Waals surface area contributed by atoms with Gasteiger partial charge < -0.3 is 0 Å². The fraction of sp³-hybridized carbons (Fsp3) is 0.556. The predicted octanol–water partition coefficient (Wildman–Crippen LogP) is 10.4. The Labute approximate surface area is 222 Å². The Morgan fingerprint density at radius 3 is 1.92 bits per heavy atom. The summed E-state index contributed by atoms with van der Waals surface area (Å²) in [4.78, 5) is 0. The first-order chi connectivity index (χ1) is 17.7. The molecule has 2 fully saturated rings. The molecule has 0 saturated heterocycles. The summed E-state index contributed by atoms with van der Waals surface area (Å²) in [5, 5.41) is 0. The van der Waals surface area contributed by atoms with E-state index in [4.69, 9.17) is 0 Å². The minimum atomic E-state index is 0.689. The third kappa shape index (κ3) is 8.13. The van der Waals surface area contributed by atoms with Crippen LogP contribution in [0.4, 0.5) is 0 Å². The molecule has 0 heterocycles. The van der Waals surface area contributed by atoms with E-state index in [9.17, 15) is 0 Å². The molecule has 192 valence electrons. The maximum Gasteiger partial charge on any atom is 0.0249 e. The number of aryl methyl sites for hydroxylation is 1. The molecule has 0 amide bonds. The van der Waals surface area contributed by atoms with Crippen molar-refractivity contribution < 1.29 is 0 Å². The van der Waals surface area contributed by atoms with Gasteiger partial charge >= 0.3 is 0 Å². The van der Waals surface area contributed by atoms with Gasteiger partial charge in [0.2, 0.25) is 0 Å². The average Bonchev–Trinajstić information content (AvgIpc) is 2.93. The van der Waals surface area contributed by atoms with Gasteiger partial charge in [0.15, 0.2) is 0 Å². The highest BCUT2D eigenvalue weighted by Gasteiger charge is 2.22. The van der Waals surface area contributed by atoms with Gasteiger partial charge in [0.25, 0.3) is 0 Å². The summed E-state index contributed by atoms with van der Waals surface area (Å²) in [6.45, 7) is 4.60. The van der Waals surface area contributed by atoms with Crippen molar-refractivity contribution in [2.75, 3.05) is 0 Å². The molecule has 2 saturated carbocycles. The third-order valence-corrected chi connectivity index (χ3v) is 8.89. The minimum Gasteiger partial charge on any atom is -0.0730 e. The van der Waals surface area contributed by atoms with Crippen molar-refractivity contribution in [3.05, 3.63) is 82.9 Å². The maximum absolute atomic E-state index is 3.36. The molecule has 0 unspecified atom stereocenters. The first kappa shape index (κ1) is 26.8. The van der Waals surface area contributed by atoms with Crippen LogP contribution >= 0.6 is 0 Å². The van der Waals surface area contributed by atoms with E-state index in [-0.39, 0.29) is 0 Å². The molecule has 0 heteroatoms. The fourth-order valence-corrected chi connectivity index (χ4v) is 6.52. The van der Waals surface area contributed by atoms with Crippen molar-refractivity contribution in [3.8, 4) is 11.8 Å². The second kappa shape index (κ2) is 14.5. The first-order valence-electron chi connectivity index (χ1n) is 15.1. The van der Waals surface area contributed by atoms with Gasteiger partial charge in [0, 0.05) is 5.56 Å². The Morgan fingerprint density at radius 1 is 0.694 bits per heavy atom. The quantitative estimate of drug-likeness (QED) is 0.247. The van der Waals surface area contributed by atoms with Gasteiger partial charge in [-0.05, 0) is 123 Å². The van der Waals surface area contributed by atoms with Crippen LogP contribution in [0.3, 0.4) is 0 Å². The summed E-state index contributed by atoms with van der Waals surface area (Å²) < 4.78 is 0. The van der Waals surface area contributed by atoms with Gasteiger partial charge in [-0.2, -0.15) is 0 Å². The highest BCUT2D eigenvalue weighted by atomic mass is 14.3. The van der Waals surface area contributed by atoms with Crippen molar-refractivity contribution in [2.45, 2.75) is 116 Å². The lowest BCUT2D eigenvalue weighted by Crippen LogP contribution is -2.13. The molecule has 0 aromatic heterocycles. The van der Waals surface area contributed by atoms with Crippen molar-refractivity contribution in [1.29, 1.82) is 0 Å². The van der Waals surface area contributed by atoms with E-state index in [1.165, 1.54) is 101 Å². The zero-order chi connectivity index (χ0) is 25.0. The van der Waals surface area contributed by atoms with Gasteiger partial charge in [0.05, 0.1) is 0 Å². The summed E-state index contributed by atoms with van der Waals surface area (Å²) >= 11 is 0. The molecule has 2 aromatic rings. The molecule has 2 aromatic carbocycles. The summed E-state index contributed by atoms with van der Waals surface area (Å²) in [6.07, 6.45) is 23.2. The summed E-state index contributed by atoms with van der Waals surface area (Å²) in [6, 6.07) is 18.7. The van der Waals surface area contributed by atoms with Gasteiger partial charge in [0.1, 0.15) is 0 Å². The number of hydrogen-bond donors (Lipinski definition) is 0. The Morgan fingerprint density at radius 2 is 1.31 bits per heavy atom. The van der Waals surface area contributed by atoms with Crippen molar-refractivity contribution in [3.63, 3.8) is 0 Å². The van der Waals surface area contributed by atoms with Crippen LogP contribution in [0.2, 0.25) is 0 Å². The Bertz CT molecular complexity index is 965. The van der Waals surface area contributed by atoms with Gasteiger partial charge in [-0.25, -0.2) is 0 Å². The number of benzene rings is 2. The summed E-state index contributed by atoms with van der Waals surface area (Å²) in [5.41, 5.74) is 5.72. The highest BCUT2D eigenvalue weighted by molar-refractivity contribution is 5.39. The molecule has 0 nitrogen and oxygen atoms in total. The molecule has 0 N–H and O–H groups in total. The fourth-order valence-electron chi connectivity index (χ4n) is 6.52. The number of rotatable bonds is 9. The zero-order valence-corrected chi connectivity index (χ0v) is 23.0. The standard InChI is InChI=1S/C36H48/c1-3-5-6-10-30-15-23-35(24-16-30)36-27-19-32(20-28-36)12-8-7-11-31-17-25-34(26-18-31)33-21-13-29(9-4-2)14-22-33/h8,12,15-18,23-26,29,32-33,36H,3-6,9-10,13-14,19-22,27-28H2,1-2H3/t29-,32-,33-,36-. The third-order valence-electron chi connectivity index (χ3n) is 8.89. The highest BCUT2D eigenvalue weighted by Crippen LogP contribution is 2.38. The maximum atomic E-state index is 3.36. The van der Waals surface area contributed by atoms with Crippen LogP contribution in [-0.2, 0) is 6.42 Å². The van der Waals surface area contributed by atoms with E-state index in [2.05, 4.69) is 86.4 Å². The van der Waals surface area contributed by atoms with Crippen molar-refractivity contribution in [1.82, 2.24) is 0 Å². The van der Waals surface area contributed by atoms with Crippen molar-refractivity contribution >= 4 is 0 Å². The second-order valence-electron chi connectivity index (χ2n) is 11.6. The molecule has 0 aliphatic heterocycles. The summed E-state index contributed by atoms with van der Waals surface area (Å²) in [7, 11) is 0. The number of allylic oxidation sites excluding steroid dienone is 2. The van der Waals surface area contributed by atoms with Crippen molar-refractivity contribution in [2.24, 2.45) is 11.8 Å². The van der Waals surface area contributed by atoms with Crippen LogP contribution in [0, 0.1) is 23.7 Å². The van der Waals surface area contributed by atoms with Crippen LogP contribution in [-0.4, -0.2) is 0 Å². The summed E-state index contributed by atoms with van der Waals surface area (Å²) in [5.74, 6) is 9.84. The molecule has 0 bridgehead atoms. The lowest BCUT2D eigenvalue weighted by atomic mass is 9.77.